The van der Waals surface area contributed by atoms with E-state index >= 15 is 0 Å². The smallest absolute Gasteiger partial charge is 0.102 e. The van der Waals surface area contributed by atoms with Gasteiger partial charge in [0.25, 0.3) is 0 Å². The van der Waals surface area contributed by atoms with E-state index < -0.39 is 5.97 Å². The summed E-state index contributed by atoms with van der Waals surface area (Å²) in [6.45, 7) is 1.75. The van der Waals surface area contributed by atoms with Gasteiger partial charge in [0, 0.05) is 12.4 Å². The highest BCUT2D eigenvalue weighted by atomic mass is 32.1. The van der Waals surface area contributed by atoms with Gasteiger partial charge in [0.05, 0.1) is 28.4 Å². The van der Waals surface area contributed by atoms with E-state index in [1.165, 1.54) is 0 Å². The Hall–Kier alpha value is -2.08. The van der Waals surface area contributed by atoms with E-state index in [1.807, 2.05) is 0 Å². The Morgan fingerprint density at radius 2 is 2.29 bits per heavy atom. The molecule has 0 fully saturated rings. The lowest BCUT2D eigenvalue weighted by atomic mass is 10.3. The third-order valence-corrected chi connectivity index (χ3v) is 2.94. The fourth-order valence-electron chi connectivity index (χ4n) is 1.27. The average molecular weight is 246 g/mol. The first-order chi connectivity index (χ1) is 8.18. The number of nitrogens with zero attached hydrogens (tertiary/aromatic N) is 3. The predicted octanol–water partition coefficient (Wildman–Crippen LogP) is 1.04. The van der Waals surface area contributed by atoms with Crippen LogP contribution in [0.3, 0.4) is 0 Å². The van der Waals surface area contributed by atoms with Crippen molar-refractivity contribution < 1.29 is 9.90 Å². The van der Waals surface area contributed by atoms with Crippen molar-refractivity contribution in [1.82, 2.24) is 9.97 Å². The van der Waals surface area contributed by atoms with Gasteiger partial charge in [0.1, 0.15) is 5.69 Å². The Kier molecular flexibility index (Phi) is 3.24. The van der Waals surface area contributed by atoms with Crippen LogP contribution < -0.4 is 5.11 Å². The second kappa shape index (κ2) is 4.84. The maximum Gasteiger partial charge on any atom is 0.102 e. The van der Waals surface area contributed by atoms with Crippen molar-refractivity contribution in [3.63, 3.8) is 0 Å². The second-order valence-electron chi connectivity index (χ2n) is 3.21. The minimum absolute atomic E-state index is 0.119. The summed E-state index contributed by atoms with van der Waals surface area (Å²) in [5.74, 6) is -1.22. The standard InChI is InChI=1S/C11H9N3O2S/c1-7(9-6-12-3-4-13-9)14-8-2-5-17-10(8)11(15)16/h2-6H,1H3,(H,15,16)/p-1. The predicted molar refractivity (Wildman–Crippen MR) is 62.6 cm³/mol. The molecule has 2 rings (SSSR count). The minimum atomic E-state index is -1.22. The molecular formula is C11H8N3O2S-. The lowest BCUT2D eigenvalue weighted by Gasteiger charge is -2.01. The largest absolute Gasteiger partial charge is 0.544 e. The van der Waals surface area contributed by atoms with Crippen molar-refractivity contribution in [2.45, 2.75) is 6.92 Å². The first kappa shape index (κ1) is 11.4. The fourth-order valence-corrected chi connectivity index (χ4v) is 1.93. The number of carbonyl (C=O) groups is 1. The molecule has 0 aliphatic heterocycles. The minimum Gasteiger partial charge on any atom is -0.544 e. The molecule has 0 radical (unpaired) electrons. The van der Waals surface area contributed by atoms with E-state index in [-0.39, 0.29) is 4.88 Å². The van der Waals surface area contributed by atoms with Gasteiger partial charge in [-0.1, -0.05) is 0 Å². The van der Waals surface area contributed by atoms with Crippen LogP contribution in [0.4, 0.5) is 5.69 Å². The van der Waals surface area contributed by atoms with E-state index in [2.05, 4.69) is 15.0 Å². The highest BCUT2D eigenvalue weighted by Crippen LogP contribution is 2.25. The molecule has 6 heteroatoms. The van der Waals surface area contributed by atoms with E-state index in [1.54, 1.807) is 37.0 Å². The zero-order valence-corrected chi connectivity index (χ0v) is 9.77. The molecule has 2 heterocycles. The van der Waals surface area contributed by atoms with Crippen LogP contribution in [-0.2, 0) is 0 Å². The average Bonchev–Trinajstić information content (AvgIpc) is 2.78. The first-order valence-electron chi connectivity index (χ1n) is 4.79. The molecule has 0 N–H and O–H groups in total. The molecule has 2 aromatic heterocycles. The Balaban J connectivity index is 2.37. The van der Waals surface area contributed by atoms with Crippen LogP contribution in [0.25, 0.3) is 0 Å². The molecular weight excluding hydrogens is 238 g/mol. The van der Waals surface area contributed by atoms with Crippen molar-refractivity contribution >= 4 is 28.7 Å². The number of aromatic nitrogens is 2. The molecule has 0 amide bonds. The molecule has 86 valence electrons. The summed E-state index contributed by atoms with van der Waals surface area (Å²) in [5, 5.41) is 12.5. The number of hydrogen-bond donors (Lipinski definition) is 0. The van der Waals surface area contributed by atoms with Gasteiger partial charge in [-0.15, -0.1) is 11.3 Å². The van der Waals surface area contributed by atoms with Crippen molar-refractivity contribution in [2.24, 2.45) is 4.99 Å². The van der Waals surface area contributed by atoms with Gasteiger partial charge in [-0.25, -0.2) is 4.99 Å². The monoisotopic (exact) mass is 246 g/mol. The van der Waals surface area contributed by atoms with E-state index in [0.717, 1.165) is 11.3 Å². The van der Waals surface area contributed by atoms with Gasteiger partial charge in [-0.3, -0.25) is 9.97 Å². The van der Waals surface area contributed by atoms with Crippen molar-refractivity contribution in [1.29, 1.82) is 0 Å². The van der Waals surface area contributed by atoms with E-state index in [4.69, 9.17) is 0 Å². The SMILES string of the molecule is CC(=Nc1ccsc1C(=O)[O-])c1cnccn1. The molecule has 0 aromatic carbocycles. The Morgan fingerprint density at radius 3 is 2.94 bits per heavy atom. The molecule has 0 unspecified atom stereocenters. The van der Waals surface area contributed by atoms with Crippen LogP contribution in [0.5, 0.6) is 0 Å². The number of rotatable bonds is 3. The molecule has 17 heavy (non-hydrogen) atoms. The van der Waals surface area contributed by atoms with Crippen LogP contribution >= 0.6 is 11.3 Å². The Labute approximate surface area is 102 Å². The zero-order chi connectivity index (χ0) is 12.3. The lowest BCUT2D eigenvalue weighted by Crippen LogP contribution is -2.21. The summed E-state index contributed by atoms with van der Waals surface area (Å²) in [4.78, 5) is 23.1. The molecule has 0 aliphatic rings. The van der Waals surface area contributed by atoms with Crippen LogP contribution in [0, 0.1) is 0 Å². The number of thiophene rings is 1. The highest BCUT2D eigenvalue weighted by molar-refractivity contribution is 7.12. The molecule has 0 saturated carbocycles. The first-order valence-corrected chi connectivity index (χ1v) is 5.67. The summed E-state index contributed by atoms with van der Waals surface area (Å²) in [5.41, 5.74) is 1.61. The third kappa shape index (κ3) is 2.54. The van der Waals surface area contributed by atoms with Gasteiger partial charge in [-0.2, -0.15) is 0 Å². The number of carboxylic acids is 1. The highest BCUT2D eigenvalue weighted by Gasteiger charge is 2.05. The van der Waals surface area contributed by atoms with Gasteiger partial charge in [-0.05, 0) is 18.4 Å². The van der Waals surface area contributed by atoms with Crippen LogP contribution in [-0.4, -0.2) is 21.6 Å². The fraction of sp³-hybridized carbons (Fsp3) is 0.0909. The summed E-state index contributed by atoms with van der Waals surface area (Å²) in [6, 6.07) is 1.63. The summed E-state index contributed by atoms with van der Waals surface area (Å²) in [6.07, 6.45) is 4.69. The number of carbonyl (C=O) groups excluding carboxylic acids is 1. The zero-order valence-electron chi connectivity index (χ0n) is 8.95. The maximum atomic E-state index is 10.8. The molecule has 0 spiro atoms. The van der Waals surface area contributed by atoms with Gasteiger partial charge >= 0.3 is 0 Å². The van der Waals surface area contributed by atoms with Crippen molar-refractivity contribution in [2.75, 3.05) is 0 Å². The van der Waals surface area contributed by atoms with Gasteiger partial charge in [0.15, 0.2) is 0 Å². The number of hydrogen-bond acceptors (Lipinski definition) is 6. The summed E-state index contributed by atoms with van der Waals surface area (Å²) in [7, 11) is 0. The topological polar surface area (TPSA) is 78.3 Å². The van der Waals surface area contributed by atoms with E-state index in [9.17, 15) is 9.90 Å². The lowest BCUT2D eigenvalue weighted by molar-refractivity contribution is -0.254. The molecule has 2 aromatic rings. The Bertz CT molecular complexity index is 563. The van der Waals surface area contributed by atoms with Crippen LogP contribution in [0.1, 0.15) is 22.3 Å². The summed E-state index contributed by atoms with van der Waals surface area (Å²) < 4.78 is 0. The molecule has 0 bridgehead atoms. The maximum absolute atomic E-state index is 10.8. The molecule has 0 saturated heterocycles. The molecule has 5 nitrogen and oxygen atoms in total. The second-order valence-corrected chi connectivity index (χ2v) is 4.13. The van der Waals surface area contributed by atoms with Gasteiger partial charge < -0.3 is 9.90 Å². The molecule has 0 atom stereocenters. The Morgan fingerprint density at radius 1 is 1.47 bits per heavy atom. The molecule has 0 aliphatic carbocycles. The van der Waals surface area contributed by atoms with E-state index in [0.29, 0.717) is 17.1 Å². The van der Waals surface area contributed by atoms with Crippen molar-refractivity contribution in [3.8, 4) is 0 Å². The third-order valence-electron chi connectivity index (χ3n) is 2.05. The van der Waals surface area contributed by atoms with Gasteiger partial charge in [0.2, 0.25) is 0 Å². The van der Waals surface area contributed by atoms with Crippen LogP contribution in [0.15, 0.2) is 35.0 Å². The summed E-state index contributed by atoms with van der Waals surface area (Å²) >= 11 is 1.09. The number of carboxylic acid groups (broad SMARTS) is 1. The van der Waals surface area contributed by atoms with Crippen LogP contribution in [0.2, 0.25) is 0 Å². The quantitative estimate of drug-likeness (QED) is 0.758. The normalized spacial score (nSPS) is 11.5. The number of aliphatic imine (C=N–C) groups is 1. The number of aromatic carboxylic acids is 1. The van der Waals surface area contributed by atoms with Crippen molar-refractivity contribution in [3.05, 3.63) is 40.6 Å².